The Kier molecular flexibility index (Phi) is 5.19. The summed E-state index contributed by atoms with van der Waals surface area (Å²) < 4.78 is 5.01. The molecule has 19 heavy (non-hydrogen) atoms. The van der Waals surface area contributed by atoms with E-state index >= 15 is 0 Å². The van der Waals surface area contributed by atoms with Gasteiger partial charge in [0.1, 0.15) is 0 Å². The smallest absolute Gasteiger partial charge is 0.358 e. The van der Waals surface area contributed by atoms with Gasteiger partial charge in [0.2, 0.25) is 0 Å². The first-order valence-electron chi connectivity index (χ1n) is 7.11. The van der Waals surface area contributed by atoms with E-state index < -0.39 is 0 Å². The summed E-state index contributed by atoms with van der Waals surface area (Å²) in [6, 6.07) is 0.503. The molecule has 5 heteroatoms. The van der Waals surface area contributed by atoms with Crippen molar-refractivity contribution in [3.05, 3.63) is 10.6 Å². The highest BCUT2D eigenvalue weighted by Crippen LogP contribution is 2.26. The maximum absolute atomic E-state index is 11.7. The zero-order valence-electron chi connectivity index (χ0n) is 11.7. The van der Waals surface area contributed by atoms with Crippen LogP contribution >= 0.6 is 11.3 Å². The van der Waals surface area contributed by atoms with Crippen molar-refractivity contribution in [3.8, 4) is 0 Å². The SMILES string of the molecule is CCOC(=O)c1nc(NC2CCCCCC2)sc1C. The van der Waals surface area contributed by atoms with Crippen LogP contribution in [-0.4, -0.2) is 23.6 Å². The molecule has 0 spiro atoms. The topological polar surface area (TPSA) is 51.2 Å². The minimum Gasteiger partial charge on any atom is -0.461 e. The van der Waals surface area contributed by atoms with Crippen molar-refractivity contribution >= 4 is 22.4 Å². The molecule has 1 saturated carbocycles. The average molecular weight is 282 g/mol. The second kappa shape index (κ2) is 6.89. The third-order valence-corrected chi connectivity index (χ3v) is 4.35. The van der Waals surface area contributed by atoms with Crippen LogP contribution in [0.15, 0.2) is 0 Å². The van der Waals surface area contributed by atoms with Crippen molar-refractivity contribution < 1.29 is 9.53 Å². The fourth-order valence-corrected chi connectivity index (χ4v) is 3.32. The largest absolute Gasteiger partial charge is 0.461 e. The predicted octanol–water partition coefficient (Wildman–Crippen LogP) is 3.76. The van der Waals surface area contributed by atoms with Crippen LogP contribution in [0.4, 0.5) is 5.13 Å². The summed E-state index contributed by atoms with van der Waals surface area (Å²) in [5.41, 5.74) is 0.461. The maximum Gasteiger partial charge on any atom is 0.358 e. The number of carbonyl (C=O) groups is 1. The van der Waals surface area contributed by atoms with Gasteiger partial charge >= 0.3 is 5.97 Å². The molecule has 1 aliphatic rings. The van der Waals surface area contributed by atoms with E-state index in [0.717, 1.165) is 10.0 Å². The Balaban J connectivity index is 2.00. The van der Waals surface area contributed by atoms with Crippen molar-refractivity contribution in [1.29, 1.82) is 0 Å². The first kappa shape index (κ1) is 14.3. The van der Waals surface area contributed by atoms with Crippen molar-refractivity contribution in [3.63, 3.8) is 0 Å². The molecule has 1 fully saturated rings. The van der Waals surface area contributed by atoms with E-state index in [1.807, 2.05) is 13.8 Å². The summed E-state index contributed by atoms with van der Waals surface area (Å²) in [6.45, 7) is 4.12. The molecule has 4 nitrogen and oxygen atoms in total. The number of aromatic nitrogens is 1. The zero-order valence-corrected chi connectivity index (χ0v) is 12.5. The van der Waals surface area contributed by atoms with Crippen molar-refractivity contribution in [1.82, 2.24) is 4.98 Å². The first-order chi connectivity index (χ1) is 9.20. The maximum atomic E-state index is 11.7. The van der Waals surface area contributed by atoms with Crippen LogP contribution in [0, 0.1) is 6.92 Å². The number of rotatable bonds is 4. The van der Waals surface area contributed by atoms with Gasteiger partial charge in [-0.05, 0) is 26.7 Å². The lowest BCUT2D eigenvalue weighted by Gasteiger charge is -2.14. The van der Waals surface area contributed by atoms with Crippen LogP contribution in [0.5, 0.6) is 0 Å². The van der Waals surface area contributed by atoms with Crippen LogP contribution in [0.3, 0.4) is 0 Å². The Labute approximate surface area is 118 Å². The number of hydrogen-bond donors (Lipinski definition) is 1. The van der Waals surface area contributed by atoms with Gasteiger partial charge in [-0.3, -0.25) is 0 Å². The van der Waals surface area contributed by atoms with Crippen molar-refractivity contribution in [2.24, 2.45) is 0 Å². The lowest BCUT2D eigenvalue weighted by molar-refractivity contribution is 0.0519. The van der Waals surface area contributed by atoms with Gasteiger partial charge in [-0.15, -0.1) is 11.3 Å². The van der Waals surface area contributed by atoms with Gasteiger partial charge in [-0.25, -0.2) is 9.78 Å². The predicted molar refractivity (Wildman–Crippen MR) is 77.9 cm³/mol. The number of aryl methyl sites for hydroxylation is 1. The molecule has 1 aromatic rings. The molecule has 0 amide bonds. The molecule has 0 atom stereocenters. The van der Waals surface area contributed by atoms with Crippen LogP contribution in [0.25, 0.3) is 0 Å². The lowest BCUT2D eigenvalue weighted by Crippen LogP contribution is -2.18. The molecule has 1 aliphatic carbocycles. The summed E-state index contributed by atoms with van der Waals surface area (Å²) in [5, 5.41) is 4.33. The normalized spacial score (nSPS) is 16.9. The standard InChI is InChI=1S/C14H22N2O2S/c1-3-18-13(17)12-10(2)19-14(16-12)15-11-8-6-4-5-7-9-11/h11H,3-9H2,1-2H3,(H,15,16). The highest BCUT2D eigenvalue weighted by atomic mass is 32.1. The molecule has 106 valence electrons. The monoisotopic (exact) mass is 282 g/mol. The van der Waals surface area contributed by atoms with Gasteiger partial charge in [0.15, 0.2) is 10.8 Å². The Bertz CT molecular complexity index is 423. The van der Waals surface area contributed by atoms with Crippen molar-refractivity contribution in [2.45, 2.75) is 58.4 Å². The van der Waals surface area contributed by atoms with Crippen LogP contribution < -0.4 is 5.32 Å². The summed E-state index contributed by atoms with van der Waals surface area (Å²) in [5.74, 6) is -0.315. The summed E-state index contributed by atoms with van der Waals surface area (Å²) >= 11 is 1.55. The van der Waals surface area contributed by atoms with Crippen LogP contribution in [0.2, 0.25) is 0 Å². The molecule has 1 heterocycles. The van der Waals surface area contributed by atoms with E-state index in [1.165, 1.54) is 38.5 Å². The third kappa shape index (κ3) is 3.93. The van der Waals surface area contributed by atoms with Crippen molar-refractivity contribution in [2.75, 3.05) is 11.9 Å². The summed E-state index contributed by atoms with van der Waals surface area (Å²) in [7, 11) is 0. The average Bonchev–Trinajstić information content (AvgIpc) is 2.59. The fraction of sp³-hybridized carbons (Fsp3) is 0.714. The van der Waals surface area contributed by atoms with E-state index in [2.05, 4.69) is 10.3 Å². The van der Waals surface area contributed by atoms with Crippen LogP contribution in [-0.2, 0) is 4.74 Å². The Morgan fingerprint density at radius 1 is 1.37 bits per heavy atom. The highest BCUT2D eigenvalue weighted by Gasteiger charge is 2.19. The summed E-state index contributed by atoms with van der Waals surface area (Å²) in [6.07, 6.45) is 7.65. The molecule has 0 radical (unpaired) electrons. The second-order valence-electron chi connectivity index (χ2n) is 4.98. The molecular formula is C14H22N2O2S. The lowest BCUT2D eigenvalue weighted by atomic mass is 10.1. The Morgan fingerprint density at radius 3 is 2.68 bits per heavy atom. The second-order valence-corrected chi connectivity index (χ2v) is 6.18. The van der Waals surface area contributed by atoms with Gasteiger partial charge in [-0.1, -0.05) is 25.7 Å². The number of carbonyl (C=O) groups excluding carboxylic acids is 1. The molecular weight excluding hydrogens is 260 g/mol. The Hall–Kier alpha value is -1.10. The molecule has 0 bridgehead atoms. The van der Waals surface area contributed by atoms with Crippen LogP contribution in [0.1, 0.15) is 60.8 Å². The third-order valence-electron chi connectivity index (χ3n) is 3.45. The number of hydrogen-bond acceptors (Lipinski definition) is 5. The first-order valence-corrected chi connectivity index (χ1v) is 7.93. The number of esters is 1. The molecule has 1 aromatic heterocycles. The van der Waals surface area contributed by atoms with E-state index in [9.17, 15) is 4.79 Å². The van der Waals surface area contributed by atoms with E-state index in [4.69, 9.17) is 4.74 Å². The molecule has 2 rings (SSSR count). The summed E-state index contributed by atoms with van der Waals surface area (Å²) in [4.78, 5) is 17.0. The fourth-order valence-electron chi connectivity index (χ4n) is 2.45. The zero-order chi connectivity index (χ0) is 13.7. The number of anilines is 1. The molecule has 1 N–H and O–H groups in total. The number of ether oxygens (including phenoxy) is 1. The highest BCUT2D eigenvalue weighted by molar-refractivity contribution is 7.15. The van der Waals surface area contributed by atoms with E-state index in [0.29, 0.717) is 18.3 Å². The molecule has 0 aliphatic heterocycles. The number of thiazole rings is 1. The van der Waals surface area contributed by atoms with Gasteiger partial charge in [-0.2, -0.15) is 0 Å². The van der Waals surface area contributed by atoms with Gasteiger partial charge in [0, 0.05) is 10.9 Å². The quantitative estimate of drug-likeness (QED) is 0.675. The molecule has 0 aromatic carbocycles. The minimum absolute atomic E-state index is 0.315. The van der Waals surface area contributed by atoms with E-state index in [-0.39, 0.29) is 5.97 Å². The van der Waals surface area contributed by atoms with E-state index in [1.54, 1.807) is 11.3 Å². The minimum atomic E-state index is -0.315. The van der Waals surface area contributed by atoms with Gasteiger partial charge in [0.25, 0.3) is 0 Å². The number of nitrogens with zero attached hydrogens (tertiary/aromatic N) is 1. The Morgan fingerprint density at radius 2 is 2.05 bits per heavy atom. The molecule has 0 unspecified atom stereocenters. The number of nitrogens with one attached hydrogen (secondary N) is 1. The van der Waals surface area contributed by atoms with Gasteiger partial charge in [0.05, 0.1) is 6.61 Å². The van der Waals surface area contributed by atoms with Gasteiger partial charge < -0.3 is 10.1 Å². The molecule has 0 saturated heterocycles.